The van der Waals surface area contributed by atoms with Gasteiger partial charge in [0.05, 0.1) is 27.3 Å². The molecule has 8 N–H and O–H groups in total. The predicted octanol–water partition coefficient (Wildman–Crippen LogP) is 5.17. The van der Waals surface area contributed by atoms with Crippen molar-refractivity contribution in [2.24, 2.45) is 30.7 Å². The SMILES string of the molecule is Cc1[nH][nH]c(=O)c1N=Nc1ccc(N=Nc2c(S(=O)(=O)O)cc3cc(S(=O)(=O)O)c(N=Nc4ccc([N+](=O)[O-])cc4S(=O)(=O)O)c(O)c3c2O)c(C(=O)O)c1. The van der Waals surface area contributed by atoms with Crippen LogP contribution in [0.5, 0.6) is 11.5 Å². The number of fused-ring (bicyclic) bond motifs is 1. The average Bonchev–Trinajstić information content (AvgIpc) is 3.40. The number of aromatic hydroxyl groups is 2. The molecule has 0 spiro atoms. The number of phenols is 2. The van der Waals surface area contributed by atoms with Gasteiger partial charge < -0.3 is 20.4 Å². The summed E-state index contributed by atoms with van der Waals surface area (Å²) in [6.45, 7) is 1.50. The van der Waals surface area contributed by atoms with Crippen LogP contribution in [0.1, 0.15) is 16.1 Å². The molecule has 4 aromatic carbocycles. The van der Waals surface area contributed by atoms with Gasteiger partial charge in [0.15, 0.2) is 17.2 Å². The van der Waals surface area contributed by atoms with E-state index >= 15 is 0 Å². The van der Waals surface area contributed by atoms with Crippen LogP contribution < -0.4 is 5.56 Å². The van der Waals surface area contributed by atoms with Crippen molar-refractivity contribution in [3.8, 4) is 11.5 Å². The summed E-state index contributed by atoms with van der Waals surface area (Å²) in [7, 11) is -16.1. The van der Waals surface area contributed by atoms with E-state index in [0.717, 1.165) is 18.2 Å². The molecular weight excluding hydrogens is 803 g/mol. The standard InChI is InChI=1S/C27H19N9O16S3/c1-10-21(26(39)35-28-10)32-29-12-2-4-15(14(8-12)27(40)41)30-33-22-18(54(47,48)49)6-11-7-19(55(50,51)52)23(25(38)20(11)24(22)37)34-31-16-5-3-13(36(42)43)9-17(16)53(44,45)46/h2-9,37-38H,1H3,(H,40,41)(H2,28,35,39)(H,44,45,46)(H,47,48,49)(H,50,51,52). The van der Waals surface area contributed by atoms with Crippen molar-refractivity contribution in [3.63, 3.8) is 0 Å². The topological polar surface area (TPSA) is 407 Å². The first-order valence-electron chi connectivity index (χ1n) is 14.2. The number of azo groups is 3. The Morgan fingerprint density at radius 1 is 0.691 bits per heavy atom. The van der Waals surface area contributed by atoms with Gasteiger partial charge in [-0.05, 0) is 48.7 Å². The van der Waals surface area contributed by atoms with E-state index in [9.17, 15) is 73.9 Å². The van der Waals surface area contributed by atoms with E-state index in [2.05, 4.69) is 40.9 Å². The number of H-pyrrole nitrogens is 2. The molecule has 55 heavy (non-hydrogen) atoms. The maximum Gasteiger partial charge on any atom is 0.338 e. The van der Waals surface area contributed by atoms with Gasteiger partial charge in [-0.15, -0.1) is 25.6 Å². The molecule has 1 heterocycles. The Morgan fingerprint density at radius 3 is 1.67 bits per heavy atom. The Bertz CT molecular complexity index is 2970. The third-order valence-electron chi connectivity index (χ3n) is 7.16. The van der Waals surface area contributed by atoms with Gasteiger partial charge in [0.2, 0.25) is 0 Å². The Hall–Kier alpha value is -6.85. The minimum absolute atomic E-state index is 0.109. The van der Waals surface area contributed by atoms with E-state index in [-0.39, 0.29) is 11.4 Å². The molecular formula is C27H19N9O16S3. The smallest absolute Gasteiger partial charge is 0.338 e. The van der Waals surface area contributed by atoms with Crippen molar-refractivity contribution in [2.45, 2.75) is 21.6 Å². The van der Waals surface area contributed by atoms with Crippen LogP contribution in [0.15, 0.2) is 98.7 Å². The van der Waals surface area contributed by atoms with E-state index in [1.54, 1.807) is 0 Å². The first-order valence-corrected chi connectivity index (χ1v) is 18.5. The Labute approximate surface area is 304 Å². The summed E-state index contributed by atoms with van der Waals surface area (Å²) >= 11 is 0. The highest BCUT2D eigenvalue weighted by Gasteiger charge is 2.29. The lowest BCUT2D eigenvalue weighted by Gasteiger charge is -2.13. The summed E-state index contributed by atoms with van der Waals surface area (Å²) < 4.78 is 103. The number of nitrogens with zero attached hydrogens (tertiary/aromatic N) is 7. The van der Waals surface area contributed by atoms with Gasteiger partial charge in [-0.3, -0.25) is 33.7 Å². The second-order valence-electron chi connectivity index (χ2n) is 10.7. The van der Waals surface area contributed by atoms with Gasteiger partial charge in [-0.1, -0.05) is 0 Å². The number of aromatic carboxylic acids is 1. The third kappa shape index (κ3) is 8.07. The second kappa shape index (κ2) is 14.2. The molecule has 0 amide bonds. The van der Waals surface area contributed by atoms with Gasteiger partial charge in [0.1, 0.15) is 37.4 Å². The molecule has 0 unspecified atom stereocenters. The Morgan fingerprint density at radius 2 is 1.20 bits per heavy atom. The zero-order valence-electron chi connectivity index (χ0n) is 26.7. The summed E-state index contributed by atoms with van der Waals surface area (Å²) in [5.74, 6) is -4.40. The average molecular weight is 822 g/mol. The number of nitrogens with one attached hydrogen (secondary N) is 2. The van der Waals surface area contributed by atoms with E-state index in [4.69, 9.17) is 0 Å². The summed E-state index contributed by atoms with van der Waals surface area (Å²) in [6, 6.07) is 5.74. The van der Waals surface area contributed by atoms with Gasteiger partial charge in [-0.2, -0.15) is 30.4 Å². The maximum absolute atomic E-state index is 12.4. The number of hydrogen-bond donors (Lipinski definition) is 8. The number of hydrogen-bond acceptors (Lipinski definition) is 18. The normalized spacial score (nSPS) is 12.7. The largest absolute Gasteiger partial charge is 0.505 e. The third-order valence-corrected chi connectivity index (χ3v) is 9.78. The highest BCUT2D eigenvalue weighted by molar-refractivity contribution is 7.86. The number of nitro benzene ring substituents is 1. The van der Waals surface area contributed by atoms with Crippen molar-refractivity contribution in [1.29, 1.82) is 0 Å². The van der Waals surface area contributed by atoms with Crippen LogP contribution in [0.25, 0.3) is 10.8 Å². The summed E-state index contributed by atoms with van der Waals surface area (Å²) in [6.07, 6.45) is 0. The number of aromatic amines is 2. The van der Waals surface area contributed by atoms with Crippen LogP contribution in [-0.4, -0.2) is 75.3 Å². The molecule has 0 radical (unpaired) electrons. The molecule has 0 bridgehead atoms. The molecule has 286 valence electrons. The molecule has 0 aliphatic heterocycles. The fourth-order valence-electron chi connectivity index (χ4n) is 4.67. The Balaban J connectivity index is 1.71. The second-order valence-corrected chi connectivity index (χ2v) is 14.9. The molecule has 0 saturated carbocycles. The fraction of sp³-hybridized carbons (Fsp3) is 0.0370. The van der Waals surface area contributed by atoms with Crippen molar-refractivity contribution in [1.82, 2.24) is 10.2 Å². The number of carboxylic acids is 1. The van der Waals surface area contributed by atoms with E-state index in [1.165, 1.54) is 6.92 Å². The first-order chi connectivity index (χ1) is 25.5. The first kappa shape index (κ1) is 39.4. The maximum atomic E-state index is 12.4. The van der Waals surface area contributed by atoms with Crippen LogP contribution in [0, 0.1) is 17.0 Å². The van der Waals surface area contributed by atoms with Crippen molar-refractivity contribution in [3.05, 3.63) is 80.3 Å². The number of non-ortho nitro benzene ring substituents is 1. The van der Waals surface area contributed by atoms with E-state index in [0.29, 0.717) is 36.0 Å². The number of carbonyl (C=O) groups is 1. The Kier molecular flexibility index (Phi) is 10.1. The van der Waals surface area contributed by atoms with Gasteiger partial charge in [0.25, 0.3) is 41.6 Å². The van der Waals surface area contributed by atoms with Crippen LogP contribution in [0.4, 0.5) is 39.8 Å². The molecule has 28 heteroatoms. The molecule has 0 aliphatic rings. The minimum Gasteiger partial charge on any atom is -0.505 e. The summed E-state index contributed by atoms with van der Waals surface area (Å²) in [4.78, 5) is 30.2. The van der Waals surface area contributed by atoms with Gasteiger partial charge in [0, 0.05) is 12.1 Å². The number of nitro groups is 1. The molecule has 25 nitrogen and oxygen atoms in total. The van der Waals surface area contributed by atoms with Gasteiger partial charge >= 0.3 is 5.97 Å². The lowest BCUT2D eigenvalue weighted by Crippen LogP contribution is -2.02. The number of aryl methyl sites for hydroxylation is 1. The van der Waals surface area contributed by atoms with E-state index < -0.39 is 118 Å². The van der Waals surface area contributed by atoms with Crippen LogP contribution >= 0.6 is 0 Å². The molecule has 0 saturated heterocycles. The number of phenolic OH excluding ortho intramolecular Hbond substituents is 2. The number of aromatic nitrogens is 2. The number of rotatable bonds is 11. The quantitative estimate of drug-likeness (QED) is 0.0368. The van der Waals surface area contributed by atoms with Crippen LogP contribution in [0.2, 0.25) is 0 Å². The highest BCUT2D eigenvalue weighted by atomic mass is 32.2. The summed E-state index contributed by atoms with van der Waals surface area (Å²) in [5.41, 5.74) is -5.79. The minimum atomic E-state index is -5.46. The van der Waals surface area contributed by atoms with Crippen LogP contribution in [-0.2, 0) is 30.4 Å². The molecule has 5 aromatic rings. The van der Waals surface area contributed by atoms with Gasteiger partial charge in [-0.25, -0.2) is 4.79 Å². The molecule has 0 atom stereocenters. The van der Waals surface area contributed by atoms with Crippen molar-refractivity contribution < 1.29 is 63.9 Å². The predicted molar refractivity (Wildman–Crippen MR) is 182 cm³/mol. The zero-order chi connectivity index (χ0) is 40.8. The monoisotopic (exact) mass is 821 g/mol. The molecule has 0 aliphatic carbocycles. The lowest BCUT2D eigenvalue weighted by atomic mass is 10.1. The summed E-state index contributed by atoms with van der Waals surface area (Å²) in [5, 5.41) is 68.0. The van der Waals surface area contributed by atoms with Crippen LogP contribution in [0.3, 0.4) is 0 Å². The molecule has 1 aromatic heterocycles. The number of carboxylic acid groups (broad SMARTS) is 1. The molecule has 0 fully saturated rings. The van der Waals surface area contributed by atoms with Crippen molar-refractivity contribution in [2.75, 3.05) is 0 Å². The zero-order valence-corrected chi connectivity index (χ0v) is 29.2. The number of benzene rings is 4. The molecule has 5 rings (SSSR count). The highest BCUT2D eigenvalue weighted by Crippen LogP contribution is 2.50. The van der Waals surface area contributed by atoms with Crippen molar-refractivity contribution >= 4 is 86.9 Å². The fourth-order valence-corrected chi connectivity index (χ4v) is 6.63. The van der Waals surface area contributed by atoms with E-state index in [1.807, 2.05) is 0 Å². The lowest BCUT2D eigenvalue weighted by molar-refractivity contribution is -0.385.